The Morgan fingerprint density at radius 1 is 1.18 bits per heavy atom. The van der Waals surface area contributed by atoms with Crippen LogP contribution in [0.25, 0.3) is 11.0 Å². The number of nitrogens with two attached hydrogens (primary N) is 1. The van der Waals surface area contributed by atoms with E-state index in [4.69, 9.17) is 14.6 Å². The fourth-order valence-corrected chi connectivity index (χ4v) is 1.99. The van der Waals surface area contributed by atoms with Crippen molar-refractivity contribution in [3.8, 4) is 0 Å². The van der Waals surface area contributed by atoms with Gasteiger partial charge in [-0.25, -0.2) is 0 Å². The molecule has 3 nitrogen and oxygen atoms in total. The number of aryl methyl sites for hydroxylation is 1. The van der Waals surface area contributed by atoms with E-state index in [1.807, 2.05) is 43.3 Å². The summed E-state index contributed by atoms with van der Waals surface area (Å²) in [4.78, 5) is 0. The van der Waals surface area contributed by atoms with E-state index in [1.54, 1.807) is 6.26 Å². The Kier molecular flexibility index (Phi) is 2.27. The standard InChI is InChI=1S/C14H13NO2/c1-9-6-7-16-14(9)13(15)12-8-10-4-2-3-5-11(10)17-12/h2-8,13H,15H2,1H3. The lowest BCUT2D eigenvalue weighted by atomic mass is 10.1. The molecule has 1 atom stereocenters. The van der Waals surface area contributed by atoms with Gasteiger partial charge in [0.2, 0.25) is 0 Å². The normalized spacial score (nSPS) is 13.1. The fourth-order valence-electron chi connectivity index (χ4n) is 1.99. The molecule has 2 N–H and O–H groups in total. The smallest absolute Gasteiger partial charge is 0.134 e. The molecule has 2 heterocycles. The van der Waals surface area contributed by atoms with Crippen LogP contribution >= 0.6 is 0 Å². The van der Waals surface area contributed by atoms with E-state index in [0.717, 1.165) is 28.1 Å². The molecule has 0 aliphatic heterocycles. The van der Waals surface area contributed by atoms with Gasteiger partial charge in [0.1, 0.15) is 23.1 Å². The number of fused-ring (bicyclic) bond motifs is 1. The minimum absolute atomic E-state index is 0.350. The number of para-hydroxylation sites is 1. The van der Waals surface area contributed by atoms with Gasteiger partial charge in [-0.15, -0.1) is 0 Å². The number of rotatable bonds is 2. The second-order valence-corrected chi connectivity index (χ2v) is 4.13. The van der Waals surface area contributed by atoms with Crippen LogP contribution in [0.15, 0.2) is 51.5 Å². The maximum atomic E-state index is 6.14. The number of hydrogen-bond acceptors (Lipinski definition) is 3. The Morgan fingerprint density at radius 2 is 2.00 bits per heavy atom. The van der Waals surface area contributed by atoms with Crippen molar-refractivity contribution in [3.63, 3.8) is 0 Å². The molecule has 1 unspecified atom stereocenters. The molecule has 3 heteroatoms. The SMILES string of the molecule is Cc1ccoc1C(N)c1cc2ccccc2o1. The molecule has 0 saturated heterocycles. The zero-order valence-electron chi connectivity index (χ0n) is 9.51. The maximum absolute atomic E-state index is 6.14. The van der Waals surface area contributed by atoms with Crippen molar-refractivity contribution in [2.45, 2.75) is 13.0 Å². The highest BCUT2D eigenvalue weighted by Gasteiger charge is 2.18. The Hall–Kier alpha value is -2.00. The van der Waals surface area contributed by atoms with Crippen LogP contribution in [0, 0.1) is 6.92 Å². The summed E-state index contributed by atoms with van der Waals surface area (Å²) in [5.41, 5.74) is 8.03. The summed E-state index contributed by atoms with van der Waals surface area (Å²) in [6, 6.07) is 11.4. The summed E-state index contributed by atoms with van der Waals surface area (Å²) in [5.74, 6) is 1.48. The third-order valence-electron chi connectivity index (χ3n) is 2.94. The van der Waals surface area contributed by atoms with Gasteiger partial charge < -0.3 is 14.6 Å². The average molecular weight is 227 g/mol. The lowest BCUT2D eigenvalue weighted by Gasteiger charge is -2.05. The lowest BCUT2D eigenvalue weighted by Crippen LogP contribution is -2.10. The molecule has 0 amide bonds. The molecule has 0 aliphatic carbocycles. The van der Waals surface area contributed by atoms with Gasteiger partial charge in [0.15, 0.2) is 0 Å². The highest BCUT2D eigenvalue weighted by molar-refractivity contribution is 5.77. The van der Waals surface area contributed by atoms with Gasteiger partial charge in [0.25, 0.3) is 0 Å². The van der Waals surface area contributed by atoms with Crippen molar-refractivity contribution in [2.24, 2.45) is 5.73 Å². The Balaban J connectivity index is 2.07. The van der Waals surface area contributed by atoms with Crippen molar-refractivity contribution in [3.05, 3.63) is 59.7 Å². The second kappa shape index (κ2) is 3.79. The quantitative estimate of drug-likeness (QED) is 0.730. The zero-order chi connectivity index (χ0) is 11.8. The third-order valence-corrected chi connectivity index (χ3v) is 2.94. The molecular formula is C14H13NO2. The van der Waals surface area contributed by atoms with Gasteiger partial charge in [-0.3, -0.25) is 0 Å². The molecule has 2 aromatic heterocycles. The fraction of sp³-hybridized carbons (Fsp3) is 0.143. The molecule has 0 bridgehead atoms. The van der Waals surface area contributed by atoms with Crippen molar-refractivity contribution in [1.29, 1.82) is 0 Å². The van der Waals surface area contributed by atoms with Crippen molar-refractivity contribution >= 4 is 11.0 Å². The predicted molar refractivity (Wildman–Crippen MR) is 65.7 cm³/mol. The molecule has 0 saturated carbocycles. The summed E-state index contributed by atoms with van der Waals surface area (Å²) in [5, 5.41) is 1.06. The zero-order valence-corrected chi connectivity index (χ0v) is 9.51. The minimum atomic E-state index is -0.350. The van der Waals surface area contributed by atoms with Crippen LogP contribution in [-0.4, -0.2) is 0 Å². The van der Waals surface area contributed by atoms with Crippen molar-refractivity contribution in [1.82, 2.24) is 0 Å². The van der Waals surface area contributed by atoms with Gasteiger partial charge in [-0.2, -0.15) is 0 Å². The van der Waals surface area contributed by atoms with Crippen LogP contribution < -0.4 is 5.73 Å². The van der Waals surface area contributed by atoms with Gasteiger partial charge in [0, 0.05) is 5.39 Å². The van der Waals surface area contributed by atoms with Gasteiger partial charge in [-0.1, -0.05) is 18.2 Å². The van der Waals surface area contributed by atoms with Gasteiger partial charge >= 0.3 is 0 Å². The highest BCUT2D eigenvalue weighted by atomic mass is 16.4. The first-order valence-corrected chi connectivity index (χ1v) is 5.54. The molecule has 0 radical (unpaired) electrons. The Morgan fingerprint density at radius 3 is 2.71 bits per heavy atom. The van der Waals surface area contributed by atoms with E-state index >= 15 is 0 Å². The van der Waals surface area contributed by atoms with E-state index in [1.165, 1.54) is 0 Å². The summed E-state index contributed by atoms with van der Waals surface area (Å²) < 4.78 is 11.1. The molecule has 86 valence electrons. The molecule has 0 spiro atoms. The van der Waals surface area contributed by atoms with E-state index in [9.17, 15) is 0 Å². The molecule has 0 fully saturated rings. The first kappa shape index (κ1) is 10.2. The number of benzene rings is 1. The van der Waals surface area contributed by atoms with E-state index in [2.05, 4.69) is 0 Å². The summed E-state index contributed by atoms with van der Waals surface area (Å²) in [7, 11) is 0. The largest absolute Gasteiger partial charge is 0.467 e. The average Bonchev–Trinajstić information content (AvgIpc) is 2.93. The van der Waals surface area contributed by atoms with Crippen LogP contribution in [0.2, 0.25) is 0 Å². The van der Waals surface area contributed by atoms with Crippen molar-refractivity contribution in [2.75, 3.05) is 0 Å². The molecule has 3 aromatic rings. The molecular weight excluding hydrogens is 214 g/mol. The van der Waals surface area contributed by atoms with E-state index in [-0.39, 0.29) is 6.04 Å². The topological polar surface area (TPSA) is 52.3 Å². The number of hydrogen-bond donors (Lipinski definition) is 1. The summed E-state index contributed by atoms with van der Waals surface area (Å²) in [6.45, 7) is 1.97. The highest BCUT2D eigenvalue weighted by Crippen LogP contribution is 2.28. The van der Waals surface area contributed by atoms with Crippen LogP contribution in [0.1, 0.15) is 23.1 Å². The van der Waals surface area contributed by atoms with Gasteiger partial charge in [0.05, 0.1) is 6.26 Å². The second-order valence-electron chi connectivity index (χ2n) is 4.13. The van der Waals surface area contributed by atoms with Crippen LogP contribution in [0.4, 0.5) is 0 Å². The molecule has 0 aliphatic rings. The van der Waals surface area contributed by atoms with Gasteiger partial charge in [-0.05, 0) is 30.7 Å². The monoisotopic (exact) mass is 227 g/mol. The Bertz CT molecular complexity index is 618. The Labute approximate surface area is 98.8 Å². The van der Waals surface area contributed by atoms with E-state index in [0.29, 0.717) is 0 Å². The number of furan rings is 2. The van der Waals surface area contributed by atoms with Crippen LogP contribution in [0.3, 0.4) is 0 Å². The van der Waals surface area contributed by atoms with Crippen molar-refractivity contribution < 1.29 is 8.83 Å². The third kappa shape index (κ3) is 1.65. The molecule has 1 aromatic carbocycles. The summed E-state index contributed by atoms with van der Waals surface area (Å²) >= 11 is 0. The van der Waals surface area contributed by atoms with E-state index < -0.39 is 0 Å². The maximum Gasteiger partial charge on any atom is 0.134 e. The first-order chi connectivity index (χ1) is 8.25. The lowest BCUT2D eigenvalue weighted by molar-refractivity contribution is 0.443. The summed E-state index contributed by atoms with van der Waals surface area (Å²) in [6.07, 6.45) is 1.65. The predicted octanol–water partition coefficient (Wildman–Crippen LogP) is 3.38. The minimum Gasteiger partial charge on any atom is -0.467 e. The molecule has 17 heavy (non-hydrogen) atoms. The van der Waals surface area contributed by atoms with Crippen LogP contribution in [0.5, 0.6) is 0 Å². The molecule has 3 rings (SSSR count). The first-order valence-electron chi connectivity index (χ1n) is 5.54. The van der Waals surface area contributed by atoms with Crippen LogP contribution in [-0.2, 0) is 0 Å².